The molecule has 0 aromatic heterocycles. The van der Waals surface area contributed by atoms with Gasteiger partial charge in [0.2, 0.25) is 11.8 Å². The van der Waals surface area contributed by atoms with E-state index in [2.05, 4.69) is 20.1 Å². The Hall–Kier alpha value is -1.80. The Morgan fingerprint density at radius 2 is 2.03 bits per heavy atom. The van der Waals surface area contributed by atoms with E-state index in [1.807, 2.05) is 25.7 Å². The summed E-state index contributed by atoms with van der Waals surface area (Å²) in [6.45, 7) is 15.7. The number of thioether (sulfide) groups is 1. The Bertz CT molecular complexity index is 817. The second-order valence-electron chi connectivity index (χ2n) is 10.1. The summed E-state index contributed by atoms with van der Waals surface area (Å²) < 4.78 is 4.71. The largest absolute Gasteiger partial charge is 0.461 e. The van der Waals surface area contributed by atoms with Gasteiger partial charge in [0.25, 0.3) is 0 Å². The maximum absolute atomic E-state index is 14.3. The topological polar surface area (TPSA) is 87.1 Å². The van der Waals surface area contributed by atoms with Gasteiger partial charge in [-0.2, -0.15) is 0 Å². The summed E-state index contributed by atoms with van der Waals surface area (Å²) >= 11 is 1.62. The first-order valence-electron chi connectivity index (χ1n) is 12.5. The van der Waals surface area contributed by atoms with E-state index < -0.39 is 34.6 Å². The van der Waals surface area contributed by atoms with E-state index in [0.29, 0.717) is 13.0 Å². The van der Waals surface area contributed by atoms with Gasteiger partial charge in [0.15, 0.2) is 0 Å². The molecule has 0 radical (unpaired) electrons. The molecule has 7 nitrogen and oxygen atoms in total. The SMILES string of the molecule is C=CCOC(=O)[C@@H]1[C@H]2C(=O)N([C@@H](CO)C(C)C)C(C(=O)N(CC=C)C(C)CCC)C23CC[C@H]1S3. The predicted molar refractivity (Wildman–Crippen MR) is 134 cm³/mol. The van der Waals surface area contributed by atoms with Crippen LogP contribution in [0.25, 0.3) is 0 Å². The lowest BCUT2D eigenvalue weighted by molar-refractivity contribution is -0.154. The molecule has 0 aliphatic carbocycles. The van der Waals surface area contributed by atoms with Crippen molar-refractivity contribution < 1.29 is 24.2 Å². The maximum atomic E-state index is 14.3. The van der Waals surface area contributed by atoms with Crippen LogP contribution in [0.4, 0.5) is 0 Å². The van der Waals surface area contributed by atoms with Crippen molar-refractivity contribution in [2.45, 2.75) is 81.5 Å². The second-order valence-corrected chi connectivity index (χ2v) is 11.7. The lowest BCUT2D eigenvalue weighted by Gasteiger charge is -2.42. The molecule has 0 saturated carbocycles. The van der Waals surface area contributed by atoms with E-state index >= 15 is 0 Å². The molecule has 2 amide bonds. The van der Waals surface area contributed by atoms with Crippen LogP contribution >= 0.6 is 11.8 Å². The number of amides is 2. The first kappa shape index (κ1) is 26.8. The number of hydrogen-bond donors (Lipinski definition) is 1. The number of aliphatic hydroxyl groups excluding tert-OH is 1. The van der Waals surface area contributed by atoms with Gasteiger partial charge in [-0.1, -0.05) is 45.9 Å². The van der Waals surface area contributed by atoms with Gasteiger partial charge in [-0.05, 0) is 32.1 Å². The molecule has 1 spiro atoms. The third-order valence-corrected chi connectivity index (χ3v) is 9.70. The third kappa shape index (κ3) is 4.32. The molecule has 3 aliphatic rings. The number of ether oxygens (including phenoxy) is 1. The zero-order valence-electron chi connectivity index (χ0n) is 20.9. The summed E-state index contributed by atoms with van der Waals surface area (Å²) in [5.74, 6) is -1.96. The van der Waals surface area contributed by atoms with Crippen LogP contribution in [0.15, 0.2) is 25.3 Å². The average molecular weight is 493 g/mol. The molecule has 0 aromatic rings. The highest BCUT2D eigenvalue weighted by Gasteiger charge is 2.75. The van der Waals surface area contributed by atoms with Gasteiger partial charge >= 0.3 is 5.97 Å². The Morgan fingerprint density at radius 3 is 2.59 bits per heavy atom. The van der Waals surface area contributed by atoms with Crippen LogP contribution in [0.1, 0.15) is 53.4 Å². The Labute approximate surface area is 208 Å². The molecule has 1 N–H and O–H groups in total. The molecule has 3 heterocycles. The average Bonchev–Trinajstić information content (AvgIpc) is 3.43. The number of esters is 1. The number of rotatable bonds is 12. The van der Waals surface area contributed by atoms with Gasteiger partial charge in [-0.3, -0.25) is 14.4 Å². The van der Waals surface area contributed by atoms with E-state index in [1.54, 1.807) is 22.7 Å². The van der Waals surface area contributed by atoms with Crippen LogP contribution in [-0.4, -0.2) is 80.6 Å². The van der Waals surface area contributed by atoms with Crippen molar-refractivity contribution in [2.75, 3.05) is 19.8 Å². The Balaban J connectivity index is 2.09. The van der Waals surface area contributed by atoms with Gasteiger partial charge in [-0.15, -0.1) is 18.3 Å². The maximum Gasteiger partial charge on any atom is 0.311 e. The number of carbonyl (C=O) groups is 3. The van der Waals surface area contributed by atoms with Crippen LogP contribution in [0, 0.1) is 17.8 Å². The molecule has 8 heteroatoms. The zero-order chi connectivity index (χ0) is 25.2. The highest BCUT2D eigenvalue weighted by Crippen LogP contribution is 2.67. The number of hydrogen-bond acceptors (Lipinski definition) is 6. The first-order valence-corrected chi connectivity index (χ1v) is 13.4. The lowest BCUT2D eigenvalue weighted by Crippen LogP contribution is -2.59. The van der Waals surface area contributed by atoms with Crippen molar-refractivity contribution in [1.82, 2.24) is 9.80 Å². The smallest absolute Gasteiger partial charge is 0.311 e. The van der Waals surface area contributed by atoms with Crippen LogP contribution in [0.3, 0.4) is 0 Å². The minimum Gasteiger partial charge on any atom is -0.461 e. The summed E-state index contributed by atoms with van der Waals surface area (Å²) in [6.07, 6.45) is 6.47. The Morgan fingerprint density at radius 1 is 1.32 bits per heavy atom. The van der Waals surface area contributed by atoms with Crippen molar-refractivity contribution >= 4 is 29.5 Å². The van der Waals surface area contributed by atoms with Gasteiger partial charge in [-0.25, -0.2) is 0 Å². The number of aliphatic hydroxyl groups is 1. The van der Waals surface area contributed by atoms with Gasteiger partial charge in [0, 0.05) is 17.8 Å². The molecule has 2 bridgehead atoms. The lowest BCUT2D eigenvalue weighted by atomic mass is 9.71. The summed E-state index contributed by atoms with van der Waals surface area (Å²) in [5, 5.41) is 10.2. The molecule has 3 saturated heterocycles. The molecule has 3 rings (SSSR count). The quantitative estimate of drug-likeness (QED) is 0.333. The summed E-state index contributed by atoms with van der Waals surface area (Å²) in [6, 6.07) is -1.24. The molecule has 3 aliphatic heterocycles. The van der Waals surface area contributed by atoms with Gasteiger partial charge in [0.05, 0.1) is 29.2 Å². The number of nitrogens with zero attached hydrogens (tertiary/aromatic N) is 2. The van der Waals surface area contributed by atoms with E-state index in [1.165, 1.54) is 6.08 Å². The van der Waals surface area contributed by atoms with Crippen molar-refractivity contribution in [3.8, 4) is 0 Å². The second kappa shape index (κ2) is 10.9. The van der Waals surface area contributed by atoms with Crippen molar-refractivity contribution in [3.63, 3.8) is 0 Å². The van der Waals surface area contributed by atoms with Crippen molar-refractivity contribution in [1.29, 1.82) is 0 Å². The molecule has 34 heavy (non-hydrogen) atoms. The number of fused-ring (bicyclic) bond motifs is 1. The highest BCUT2D eigenvalue weighted by atomic mass is 32.2. The number of carbonyl (C=O) groups excluding carboxylic acids is 3. The molecule has 0 aromatic carbocycles. The van der Waals surface area contributed by atoms with Crippen LogP contribution in [0.2, 0.25) is 0 Å². The molecule has 190 valence electrons. The standard InChI is InChI=1S/C26H40N2O5S/c1-7-10-17(6)27(13-8-2)24(31)22-26-12-11-19(34-26)20(25(32)33-14-9-3)21(26)23(30)28(22)18(15-29)16(4)5/h8-9,16-22,29H,2-3,7,10-15H2,1,4-6H3/t17?,18-,19+,20-,21-,22?,26?/m0/s1. The summed E-state index contributed by atoms with van der Waals surface area (Å²) in [5.41, 5.74) is 0. The van der Waals surface area contributed by atoms with Crippen LogP contribution in [-0.2, 0) is 19.1 Å². The fourth-order valence-corrected chi connectivity index (χ4v) is 8.40. The normalized spacial score (nSPS) is 31.4. The Kier molecular flexibility index (Phi) is 8.56. The van der Waals surface area contributed by atoms with Gasteiger partial charge in [0.1, 0.15) is 12.6 Å². The van der Waals surface area contributed by atoms with E-state index in [-0.39, 0.29) is 42.2 Å². The monoisotopic (exact) mass is 492 g/mol. The fraction of sp³-hybridized carbons (Fsp3) is 0.731. The number of likely N-dealkylation sites (tertiary alicyclic amines) is 1. The van der Waals surface area contributed by atoms with Gasteiger partial charge < -0.3 is 19.6 Å². The molecule has 7 atom stereocenters. The van der Waals surface area contributed by atoms with Crippen LogP contribution in [0.5, 0.6) is 0 Å². The predicted octanol–water partition coefficient (Wildman–Crippen LogP) is 3.03. The third-order valence-electron chi connectivity index (χ3n) is 7.75. The van der Waals surface area contributed by atoms with E-state index in [4.69, 9.17) is 4.74 Å². The minimum absolute atomic E-state index is 0.00788. The molecule has 3 unspecified atom stereocenters. The first-order chi connectivity index (χ1) is 16.2. The minimum atomic E-state index is -0.726. The van der Waals surface area contributed by atoms with Crippen molar-refractivity contribution in [3.05, 3.63) is 25.3 Å². The molecular weight excluding hydrogens is 452 g/mol. The van der Waals surface area contributed by atoms with Crippen LogP contribution < -0.4 is 0 Å². The fourth-order valence-electron chi connectivity index (χ4n) is 6.21. The zero-order valence-corrected chi connectivity index (χ0v) is 21.8. The molecule has 3 fully saturated rings. The van der Waals surface area contributed by atoms with E-state index in [9.17, 15) is 19.5 Å². The van der Waals surface area contributed by atoms with E-state index in [0.717, 1.165) is 19.3 Å². The summed E-state index contributed by atoms with van der Waals surface area (Å²) in [4.78, 5) is 44.8. The molecular formula is C26H40N2O5S. The summed E-state index contributed by atoms with van der Waals surface area (Å²) in [7, 11) is 0. The highest BCUT2D eigenvalue weighted by molar-refractivity contribution is 8.02. The van der Waals surface area contributed by atoms with Crippen molar-refractivity contribution in [2.24, 2.45) is 17.8 Å².